The topological polar surface area (TPSA) is 149 Å². The number of carboxylic acid groups (broad SMARTS) is 1. The molecule has 2 aromatic carbocycles. The van der Waals surface area contributed by atoms with Crippen molar-refractivity contribution in [2.75, 3.05) is 5.32 Å². The number of pyridine rings is 1. The fraction of sp³-hybridized carbons (Fsp3) is 0.296. The van der Waals surface area contributed by atoms with Crippen LogP contribution < -0.4 is 10.0 Å². The number of benzene rings is 2. The predicted molar refractivity (Wildman–Crippen MR) is 141 cm³/mol. The first-order chi connectivity index (χ1) is 18.5. The summed E-state index contributed by atoms with van der Waals surface area (Å²) in [6, 6.07) is 12.5. The third kappa shape index (κ3) is 6.77. The van der Waals surface area contributed by atoms with Crippen molar-refractivity contribution in [2.24, 2.45) is 0 Å². The summed E-state index contributed by atoms with van der Waals surface area (Å²) in [4.78, 5) is 29.8. The first-order valence-corrected chi connectivity index (χ1v) is 13.8. The first kappa shape index (κ1) is 28.1. The first-order valence-electron chi connectivity index (χ1n) is 12.3. The van der Waals surface area contributed by atoms with Crippen LogP contribution in [-0.2, 0) is 21.2 Å². The van der Waals surface area contributed by atoms with Crippen LogP contribution in [0.5, 0.6) is 0 Å². The molecule has 0 unspecified atom stereocenters. The van der Waals surface area contributed by atoms with E-state index in [1.165, 1.54) is 18.0 Å². The highest BCUT2D eigenvalue weighted by Gasteiger charge is 2.41. The maximum Gasteiger partial charge on any atom is 0.407 e. The van der Waals surface area contributed by atoms with Crippen LogP contribution in [0.15, 0.2) is 78.0 Å². The van der Waals surface area contributed by atoms with Crippen molar-refractivity contribution >= 4 is 27.7 Å². The summed E-state index contributed by atoms with van der Waals surface area (Å²) >= 11 is 0. The Kier molecular flexibility index (Phi) is 8.58. The van der Waals surface area contributed by atoms with E-state index >= 15 is 0 Å². The summed E-state index contributed by atoms with van der Waals surface area (Å²) < 4.78 is 40.3. The van der Waals surface area contributed by atoms with Gasteiger partial charge in [0.05, 0.1) is 17.0 Å². The Hall–Kier alpha value is -3.87. The number of rotatable bonds is 9. The number of aliphatic hydroxyl groups excluding tert-OH is 1. The molecular weight excluding hydrogens is 527 g/mol. The van der Waals surface area contributed by atoms with Gasteiger partial charge in [-0.25, -0.2) is 17.6 Å². The standard InChI is InChI=1S/C27H29FN4O6S/c1-17(31-39(37,38)23-11-6-20(28)7-12-23)26(34)30-21-8-4-18(5-9-21)15-22-10-13-24(32(22)27(35)36)25(33)19-3-2-14-29-16-19/h2-9,11-12,14,16-17,22,24-25,31,33H,10,13,15H2,1H3,(H,30,34)(H,35,36)/t17-,22-,24+,25+/m0/s1. The molecule has 2 amide bonds. The average molecular weight is 557 g/mol. The normalized spacial score (nSPS) is 18.9. The highest BCUT2D eigenvalue weighted by Crippen LogP contribution is 2.34. The molecule has 4 N–H and O–H groups in total. The molecule has 0 bridgehead atoms. The lowest BCUT2D eigenvalue weighted by Crippen LogP contribution is -2.44. The summed E-state index contributed by atoms with van der Waals surface area (Å²) in [5, 5.41) is 23.3. The average Bonchev–Trinajstić information content (AvgIpc) is 3.33. The molecule has 10 nitrogen and oxygen atoms in total. The lowest BCUT2D eigenvalue weighted by molar-refractivity contribution is -0.117. The molecule has 0 aliphatic carbocycles. The van der Waals surface area contributed by atoms with E-state index in [0.717, 1.165) is 29.8 Å². The van der Waals surface area contributed by atoms with Crippen LogP contribution in [0.2, 0.25) is 0 Å². The van der Waals surface area contributed by atoms with Crippen molar-refractivity contribution in [3.8, 4) is 0 Å². The summed E-state index contributed by atoms with van der Waals surface area (Å²) in [5.41, 5.74) is 1.83. The molecule has 0 spiro atoms. The summed E-state index contributed by atoms with van der Waals surface area (Å²) in [6.07, 6.45) is 2.53. The van der Waals surface area contributed by atoms with Crippen molar-refractivity contribution in [3.63, 3.8) is 0 Å². The molecule has 1 fully saturated rings. The van der Waals surface area contributed by atoms with Gasteiger partial charge < -0.3 is 15.5 Å². The Labute approximate surface area is 225 Å². The number of amides is 2. The van der Waals surface area contributed by atoms with E-state index in [-0.39, 0.29) is 10.9 Å². The quantitative estimate of drug-likeness (QED) is 0.316. The molecule has 0 saturated carbocycles. The fourth-order valence-electron chi connectivity index (χ4n) is 4.71. The molecule has 3 aromatic rings. The number of carbonyl (C=O) groups excluding carboxylic acids is 1. The molecule has 4 rings (SSSR count). The van der Waals surface area contributed by atoms with Crippen LogP contribution in [0.1, 0.15) is 37.0 Å². The fourth-order valence-corrected chi connectivity index (χ4v) is 5.91. The summed E-state index contributed by atoms with van der Waals surface area (Å²) in [6.45, 7) is 1.39. The highest BCUT2D eigenvalue weighted by molar-refractivity contribution is 7.89. The van der Waals surface area contributed by atoms with Crippen LogP contribution in [0.25, 0.3) is 0 Å². The number of sulfonamides is 1. The van der Waals surface area contributed by atoms with E-state index in [1.807, 2.05) is 0 Å². The van der Waals surface area contributed by atoms with Crippen molar-refractivity contribution in [1.82, 2.24) is 14.6 Å². The number of aliphatic hydroxyl groups is 1. The zero-order valence-corrected chi connectivity index (χ0v) is 21.9. The number of aromatic nitrogens is 1. The molecule has 1 aliphatic rings. The van der Waals surface area contributed by atoms with Crippen molar-refractivity contribution in [2.45, 2.75) is 55.3 Å². The van der Waals surface area contributed by atoms with Gasteiger partial charge in [-0.05, 0) is 74.2 Å². The summed E-state index contributed by atoms with van der Waals surface area (Å²) in [7, 11) is -4.03. The van der Waals surface area contributed by atoms with Gasteiger partial charge in [-0.2, -0.15) is 4.72 Å². The second-order valence-electron chi connectivity index (χ2n) is 9.41. The van der Waals surface area contributed by atoms with Gasteiger partial charge >= 0.3 is 6.09 Å². The van der Waals surface area contributed by atoms with Crippen molar-refractivity contribution in [3.05, 3.63) is 90.0 Å². The van der Waals surface area contributed by atoms with E-state index < -0.39 is 46.0 Å². The molecule has 206 valence electrons. The highest BCUT2D eigenvalue weighted by atomic mass is 32.2. The Balaban J connectivity index is 1.36. The van der Waals surface area contributed by atoms with Crippen molar-refractivity contribution in [1.29, 1.82) is 0 Å². The minimum atomic E-state index is -4.03. The van der Waals surface area contributed by atoms with Gasteiger partial charge in [-0.15, -0.1) is 0 Å². The smallest absolute Gasteiger partial charge is 0.407 e. The minimum absolute atomic E-state index is 0.162. The third-order valence-corrected chi connectivity index (χ3v) is 8.26. The summed E-state index contributed by atoms with van der Waals surface area (Å²) in [5.74, 6) is -1.16. The van der Waals surface area contributed by atoms with Gasteiger partial charge in [0.1, 0.15) is 11.9 Å². The molecule has 4 atom stereocenters. The maximum absolute atomic E-state index is 13.1. The van der Waals surface area contributed by atoms with Crippen LogP contribution in [0.4, 0.5) is 14.9 Å². The van der Waals surface area contributed by atoms with Crippen LogP contribution >= 0.6 is 0 Å². The Morgan fingerprint density at radius 2 is 1.79 bits per heavy atom. The van der Waals surface area contributed by atoms with Gasteiger partial charge in [0.15, 0.2) is 0 Å². The van der Waals surface area contributed by atoms with Crippen molar-refractivity contribution < 1.29 is 32.6 Å². The Bertz CT molecular complexity index is 1400. The zero-order valence-electron chi connectivity index (χ0n) is 21.1. The molecule has 0 radical (unpaired) electrons. The van der Waals surface area contributed by atoms with Crippen LogP contribution in [0, 0.1) is 5.82 Å². The molecule has 1 aliphatic heterocycles. The molecule has 1 aromatic heterocycles. The monoisotopic (exact) mass is 556 g/mol. The number of carbonyl (C=O) groups is 2. The van der Waals surface area contributed by atoms with Gasteiger partial charge in [-0.3, -0.25) is 14.7 Å². The number of halogens is 1. The number of hydrogen-bond acceptors (Lipinski definition) is 6. The van der Waals surface area contributed by atoms with Crippen LogP contribution in [-0.4, -0.2) is 58.6 Å². The zero-order chi connectivity index (χ0) is 28.2. The maximum atomic E-state index is 13.1. The van der Waals surface area contributed by atoms with E-state index in [4.69, 9.17) is 0 Å². The Morgan fingerprint density at radius 1 is 1.10 bits per heavy atom. The van der Waals surface area contributed by atoms with E-state index in [9.17, 15) is 32.6 Å². The predicted octanol–water partition coefficient (Wildman–Crippen LogP) is 3.31. The van der Waals surface area contributed by atoms with E-state index in [2.05, 4.69) is 15.0 Å². The molecular formula is C27H29FN4O6S. The van der Waals surface area contributed by atoms with E-state index in [0.29, 0.717) is 30.5 Å². The third-order valence-electron chi connectivity index (χ3n) is 6.70. The molecule has 1 saturated heterocycles. The molecule has 12 heteroatoms. The Morgan fingerprint density at radius 3 is 2.41 bits per heavy atom. The largest absolute Gasteiger partial charge is 0.465 e. The second kappa shape index (κ2) is 11.9. The molecule has 39 heavy (non-hydrogen) atoms. The van der Waals surface area contributed by atoms with Crippen LogP contribution in [0.3, 0.4) is 0 Å². The lowest BCUT2D eigenvalue weighted by atomic mass is 10.0. The number of anilines is 1. The number of nitrogens with zero attached hydrogens (tertiary/aromatic N) is 2. The second-order valence-corrected chi connectivity index (χ2v) is 11.1. The number of likely N-dealkylation sites (tertiary alicyclic amines) is 1. The van der Waals surface area contributed by atoms with Gasteiger partial charge in [0.25, 0.3) is 0 Å². The van der Waals surface area contributed by atoms with E-state index in [1.54, 1.807) is 42.6 Å². The van der Waals surface area contributed by atoms with Gasteiger partial charge in [0.2, 0.25) is 15.9 Å². The SMILES string of the molecule is C[C@H](NS(=O)(=O)c1ccc(F)cc1)C(=O)Nc1ccc(C[C@@H]2CC[C@H]([C@H](O)c3cccnc3)N2C(=O)O)cc1. The molecule has 2 heterocycles. The lowest BCUT2D eigenvalue weighted by Gasteiger charge is -2.30. The number of nitrogens with one attached hydrogen (secondary N) is 2. The number of hydrogen-bond donors (Lipinski definition) is 4. The van der Waals surface area contributed by atoms with Gasteiger partial charge in [0, 0.05) is 29.7 Å². The van der Waals surface area contributed by atoms with Gasteiger partial charge in [-0.1, -0.05) is 18.2 Å². The minimum Gasteiger partial charge on any atom is -0.465 e.